The van der Waals surface area contributed by atoms with Crippen molar-refractivity contribution < 1.29 is 18.7 Å². The SMILES string of the molecule is COc1ccc(-c2cc(=Nc3ccc(OC(=O)c4cccnc4)cc3)c3cc(C)ccc3o2)cc1. The fraction of sp³-hybridized carbons (Fsp3) is 0.0690. The average Bonchev–Trinajstić information content (AvgIpc) is 2.90. The first-order valence-electron chi connectivity index (χ1n) is 11.0. The number of pyridine rings is 1. The Morgan fingerprint density at radius 2 is 1.69 bits per heavy atom. The highest BCUT2D eigenvalue weighted by atomic mass is 16.5. The summed E-state index contributed by atoms with van der Waals surface area (Å²) in [5, 5.41) is 1.69. The maximum absolute atomic E-state index is 12.3. The number of methoxy groups -OCH3 is 1. The largest absolute Gasteiger partial charge is 0.497 e. The predicted octanol–water partition coefficient (Wildman–Crippen LogP) is 6.26. The van der Waals surface area contributed by atoms with Gasteiger partial charge in [-0.2, -0.15) is 0 Å². The van der Waals surface area contributed by atoms with Gasteiger partial charge in [0.05, 0.1) is 23.7 Å². The summed E-state index contributed by atoms with van der Waals surface area (Å²) < 4.78 is 16.9. The minimum Gasteiger partial charge on any atom is -0.497 e. The average molecular weight is 463 g/mol. The number of nitrogens with zero attached hydrogens (tertiary/aromatic N) is 2. The first-order valence-corrected chi connectivity index (χ1v) is 11.0. The zero-order chi connectivity index (χ0) is 24.2. The summed E-state index contributed by atoms with van der Waals surface area (Å²) in [5.41, 5.74) is 3.88. The zero-order valence-corrected chi connectivity index (χ0v) is 19.3. The molecule has 0 saturated carbocycles. The Morgan fingerprint density at radius 3 is 2.40 bits per heavy atom. The Kier molecular flexibility index (Phi) is 6.09. The van der Waals surface area contributed by atoms with Gasteiger partial charge >= 0.3 is 5.97 Å². The van der Waals surface area contributed by atoms with Crippen molar-refractivity contribution in [1.82, 2.24) is 4.98 Å². The Morgan fingerprint density at radius 1 is 0.914 bits per heavy atom. The number of carbonyl (C=O) groups is 1. The van der Waals surface area contributed by atoms with E-state index in [1.165, 1.54) is 6.20 Å². The van der Waals surface area contributed by atoms with Gasteiger partial charge in [-0.05, 0) is 79.7 Å². The van der Waals surface area contributed by atoms with E-state index in [1.807, 2.05) is 61.5 Å². The summed E-state index contributed by atoms with van der Waals surface area (Å²) in [6.45, 7) is 2.03. The standard InChI is InChI=1S/C29H22N2O4/c1-19-5-14-27-25(16-19)26(17-28(35-27)20-6-10-23(33-2)11-7-20)31-22-8-12-24(13-9-22)34-29(32)21-4-3-15-30-18-21/h3-18H,1-2H3. The highest BCUT2D eigenvalue weighted by Crippen LogP contribution is 2.26. The number of hydrogen-bond donors (Lipinski definition) is 0. The third kappa shape index (κ3) is 4.96. The molecule has 0 aliphatic rings. The van der Waals surface area contributed by atoms with Gasteiger partial charge < -0.3 is 13.9 Å². The molecule has 35 heavy (non-hydrogen) atoms. The predicted molar refractivity (Wildman–Crippen MR) is 134 cm³/mol. The second-order valence-corrected chi connectivity index (χ2v) is 7.96. The molecule has 0 N–H and O–H groups in total. The maximum atomic E-state index is 12.3. The lowest BCUT2D eigenvalue weighted by Gasteiger charge is -2.07. The highest BCUT2D eigenvalue weighted by molar-refractivity contribution is 5.90. The number of carbonyl (C=O) groups excluding carboxylic acids is 1. The molecule has 5 rings (SSSR count). The van der Waals surface area contributed by atoms with Crippen molar-refractivity contribution >= 4 is 22.6 Å². The van der Waals surface area contributed by atoms with Crippen molar-refractivity contribution in [2.45, 2.75) is 6.92 Å². The van der Waals surface area contributed by atoms with Gasteiger partial charge in [0.25, 0.3) is 0 Å². The Balaban J connectivity index is 1.51. The second-order valence-electron chi connectivity index (χ2n) is 7.96. The van der Waals surface area contributed by atoms with Crippen LogP contribution < -0.4 is 14.8 Å². The molecule has 5 aromatic rings. The van der Waals surface area contributed by atoms with E-state index in [2.05, 4.69) is 11.1 Å². The monoisotopic (exact) mass is 462 g/mol. The van der Waals surface area contributed by atoms with Crippen LogP contribution in [0.15, 0.2) is 107 Å². The lowest BCUT2D eigenvalue weighted by molar-refractivity contribution is 0.0734. The summed E-state index contributed by atoms with van der Waals surface area (Å²) in [6, 6.07) is 26.1. The van der Waals surface area contributed by atoms with Crippen molar-refractivity contribution in [3.8, 4) is 22.8 Å². The molecule has 0 spiro atoms. The molecule has 0 aliphatic heterocycles. The Bertz CT molecular complexity index is 1560. The summed E-state index contributed by atoms with van der Waals surface area (Å²) in [6.07, 6.45) is 3.08. The van der Waals surface area contributed by atoms with Crippen LogP contribution in [0.4, 0.5) is 5.69 Å². The fourth-order valence-electron chi connectivity index (χ4n) is 3.65. The van der Waals surface area contributed by atoms with Crippen molar-refractivity contribution in [2.75, 3.05) is 7.11 Å². The maximum Gasteiger partial charge on any atom is 0.345 e. The number of benzene rings is 3. The molecule has 3 aromatic carbocycles. The quantitative estimate of drug-likeness (QED) is 0.228. The van der Waals surface area contributed by atoms with Crippen molar-refractivity contribution in [3.05, 3.63) is 114 Å². The minimum atomic E-state index is -0.460. The van der Waals surface area contributed by atoms with Gasteiger partial charge in [0.15, 0.2) is 0 Å². The molecule has 0 unspecified atom stereocenters. The van der Waals surface area contributed by atoms with Gasteiger partial charge in [-0.25, -0.2) is 9.79 Å². The molecule has 6 nitrogen and oxygen atoms in total. The van der Waals surface area contributed by atoms with E-state index >= 15 is 0 Å². The molecule has 0 radical (unpaired) electrons. The summed E-state index contributed by atoms with van der Waals surface area (Å²) in [4.78, 5) is 21.1. The molecule has 2 heterocycles. The third-order valence-corrected chi connectivity index (χ3v) is 5.47. The van der Waals surface area contributed by atoms with E-state index in [4.69, 9.17) is 18.9 Å². The van der Waals surface area contributed by atoms with E-state index in [0.29, 0.717) is 17.1 Å². The van der Waals surface area contributed by atoms with Crippen LogP contribution in [0.2, 0.25) is 0 Å². The van der Waals surface area contributed by atoms with Crippen molar-refractivity contribution in [2.24, 2.45) is 4.99 Å². The number of ether oxygens (including phenoxy) is 2. The first-order chi connectivity index (χ1) is 17.1. The number of esters is 1. The fourth-order valence-corrected chi connectivity index (χ4v) is 3.65. The summed E-state index contributed by atoms with van der Waals surface area (Å²) in [5.74, 6) is 1.45. The topological polar surface area (TPSA) is 73.9 Å². The van der Waals surface area contributed by atoms with E-state index in [9.17, 15) is 4.79 Å². The van der Waals surface area contributed by atoms with Gasteiger partial charge in [-0.1, -0.05) is 11.6 Å². The van der Waals surface area contributed by atoms with Crippen LogP contribution in [0.3, 0.4) is 0 Å². The molecule has 0 atom stereocenters. The molecule has 0 bridgehead atoms. The molecule has 0 fully saturated rings. The highest BCUT2D eigenvalue weighted by Gasteiger charge is 2.09. The number of aryl methyl sites for hydroxylation is 1. The Hall–Kier alpha value is -4.71. The number of hydrogen-bond acceptors (Lipinski definition) is 6. The van der Waals surface area contributed by atoms with E-state index in [0.717, 1.165) is 38.9 Å². The van der Waals surface area contributed by atoms with Crippen molar-refractivity contribution in [1.29, 1.82) is 0 Å². The summed E-state index contributed by atoms with van der Waals surface area (Å²) in [7, 11) is 1.64. The van der Waals surface area contributed by atoms with Crippen LogP contribution in [0, 0.1) is 6.92 Å². The van der Waals surface area contributed by atoms with Crippen molar-refractivity contribution in [3.63, 3.8) is 0 Å². The van der Waals surface area contributed by atoms with Crippen LogP contribution in [0.25, 0.3) is 22.3 Å². The van der Waals surface area contributed by atoms with Crippen LogP contribution >= 0.6 is 0 Å². The Labute approximate surface area is 202 Å². The molecule has 2 aromatic heterocycles. The van der Waals surface area contributed by atoms with Crippen LogP contribution in [0.5, 0.6) is 11.5 Å². The van der Waals surface area contributed by atoms with Crippen LogP contribution in [-0.4, -0.2) is 18.1 Å². The zero-order valence-electron chi connectivity index (χ0n) is 19.3. The van der Waals surface area contributed by atoms with E-state index < -0.39 is 5.97 Å². The number of rotatable bonds is 5. The smallest absolute Gasteiger partial charge is 0.345 e. The van der Waals surface area contributed by atoms with E-state index in [-0.39, 0.29) is 0 Å². The molecular formula is C29H22N2O4. The lowest BCUT2D eigenvalue weighted by atomic mass is 10.1. The number of fused-ring (bicyclic) bond motifs is 1. The lowest BCUT2D eigenvalue weighted by Crippen LogP contribution is -2.08. The van der Waals surface area contributed by atoms with Gasteiger partial charge in [0, 0.05) is 29.4 Å². The molecule has 0 amide bonds. The van der Waals surface area contributed by atoms with Crippen LogP contribution in [0.1, 0.15) is 15.9 Å². The molecule has 6 heteroatoms. The molecule has 0 aliphatic carbocycles. The molecule has 172 valence electrons. The van der Waals surface area contributed by atoms with Gasteiger partial charge in [0.2, 0.25) is 0 Å². The van der Waals surface area contributed by atoms with Gasteiger partial charge in [-0.15, -0.1) is 0 Å². The second kappa shape index (κ2) is 9.65. The van der Waals surface area contributed by atoms with Crippen LogP contribution in [-0.2, 0) is 0 Å². The normalized spacial score (nSPS) is 11.4. The molecule has 0 saturated heterocycles. The van der Waals surface area contributed by atoms with Gasteiger partial charge in [-0.3, -0.25) is 4.98 Å². The minimum absolute atomic E-state index is 0.391. The van der Waals surface area contributed by atoms with E-state index in [1.54, 1.807) is 37.6 Å². The first kappa shape index (κ1) is 22.1. The summed E-state index contributed by atoms with van der Waals surface area (Å²) >= 11 is 0. The molecular weight excluding hydrogens is 440 g/mol. The number of aromatic nitrogens is 1. The van der Waals surface area contributed by atoms with Gasteiger partial charge in [0.1, 0.15) is 22.8 Å². The third-order valence-electron chi connectivity index (χ3n) is 5.47.